The van der Waals surface area contributed by atoms with Crippen LogP contribution in [0.2, 0.25) is 0 Å². The lowest BCUT2D eigenvalue weighted by Gasteiger charge is -2.14. The maximum Gasteiger partial charge on any atom is 0.304 e. The minimum Gasteiger partial charge on any atom is -0.493 e. The van der Waals surface area contributed by atoms with E-state index in [-0.39, 0.29) is 6.42 Å². The van der Waals surface area contributed by atoms with Gasteiger partial charge < -0.3 is 19.0 Å². The lowest BCUT2D eigenvalue weighted by molar-refractivity contribution is -0.137. The minimum absolute atomic E-state index is 0.0979. The van der Waals surface area contributed by atoms with Gasteiger partial charge in [0, 0.05) is 5.56 Å². The maximum absolute atomic E-state index is 11.3. The van der Waals surface area contributed by atoms with E-state index in [1.54, 1.807) is 0 Å². The van der Waals surface area contributed by atoms with Crippen molar-refractivity contribution in [3.8, 4) is 22.6 Å². The van der Waals surface area contributed by atoms with E-state index in [0.717, 1.165) is 40.8 Å². The molecule has 0 aliphatic rings. The van der Waals surface area contributed by atoms with Gasteiger partial charge in [-0.3, -0.25) is 4.79 Å². The van der Waals surface area contributed by atoms with Crippen molar-refractivity contribution in [2.75, 3.05) is 6.61 Å². The number of carboxylic acids is 1. The van der Waals surface area contributed by atoms with Crippen LogP contribution >= 0.6 is 0 Å². The van der Waals surface area contributed by atoms with E-state index in [2.05, 4.69) is 55.2 Å². The summed E-state index contributed by atoms with van der Waals surface area (Å²) in [4.78, 5) is 15.4. The van der Waals surface area contributed by atoms with Crippen molar-refractivity contribution in [1.82, 2.24) is 4.98 Å². The Morgan fingerprint density at radius 3 is 2.47 bits per heavy atom. The molecule has 3 aromatic carbocycles. The van der Waals surface area contributed by atoms with E-state index in [1.807, 2.05) is 30.3 Å². The third-order valence-electron chi connectivity index (χ3n) is 5.97. The van der Waals surface area contributed by atoms with Gasteiger partial charge in [-0.2, -0.15) is 0 Å². The third-order valence-corrected chi connectivity index (χ3v) is 5.97. The van der Waals surface area contributed by atoms with Crippen molar-refractivity contribution in [2.45, 2.75) is 45.6 Å². The number of aliphatic carboxylic acids is 1. The molecule has 0 aliphatic carbocycles. The Labute approximate surface area is 211 Å². The zero-order valence-electron chi connectivity index (χ0n) is 20.6. The second-order valence-corrected chi connectivity index (χ2v) is 8.78. The highest BCUT2D eigenvalue weighted by Crippen LogP contribution is 2.32. The van der Waals surface area contributed by atoms with E-state index in [0.29, 0.717) is 24.9 Å². The standard InChI is InChI=1S/C30H31NO5/c1-3-4-16-34-28-14-5-21(2)18-26(28)23-8-6-22(7-9-23)20-36-25-12-10-24(11-13-25)27(19-29(32)33)30-31-15-17-35-30/h5-15,17-18,27H,3-4,16,19-20H2,1-2H3,(H,32,33)/t27-/m1/s1. The van der Waals surface area contributed by atoms with Crippen LogP contribution in [-0.2, 0) is 11.4 Å². The summed E-state index contributed by atoms with van der Waals surface area (Å²) in [5, 5.41) is 9.28. The Balaban J connectivity index is 1.41. The highest BCUT2D eigenvalue weighted by Gasteiger charge is 2.22. The molecule has 1 heterocycles. The smallest absolute Gasteiger partial charge is 0.304 e. The molecule has 1 N–H and O–H groups in total. The van der Waals surface area contributed by atoms with Gasteiger partial charge in [-0.05, 0) is 54.3 Å². The van der Waals surface area contributed by atoms with Crippen LogP contribution in [0.3, 0.4) is 0 Å². The number of nitrogens with zero attached hydrogens (tertiary/aromatic N) is 1. The van der Waals surface area contributed by atoms with Crippen LogP contribution < -0.4 is 9.47 Å². The van der Waals surface area contributed by atoms with Crippen LogP contribution in [0.15, 0.2) is 83.6 Å². The normalized spacial score (nSPS) is 11.7. The number of oxazole rings is 1. The summed E-state index contributed by atoms with van der Waals surface area (Å²) in [6, 6.07) is 22.0. The van der Waals surface area contributed by atoms with Crippen LogP contribution in [0.5, 0.6) is 11.5 Å². The van der Waals surface area contributed by atoms with E-state index in [9.17, 15) is 9.90 Å². The molecule has 0 radical (unpaired) electrons. The predicted octanol–water partition coefficient (Wildman–Crippen LogP) is 7.01. The first-order valence-corrected chi connectivity index (χ1v) is 12.2. The van der Waals surface area contributed by atoms with Crippen LogP contribution in [-0.4, -0.2) is 22.7 Å². The van der Waals surface area contributed by atoms with Gasteiger partial charge in [0.25, 0.3) is 0 Å². The highest BCUT2D eigenvalue weighted by molar-refractivity contribution is 5.71. The number of unbranched alkanes of at least 4 members (excludes halogenated alkanes) is 1. The van der Waals surface area contributed by atoms with Crippen molar-refractivity contribution >= 4 is 5.97 Å². The molecule has 36 heavy (non-hydrogen) atoms. The molecule has 4 aromatic rings. The van der Waals surface area contributed by atoms with Gasteiger partial charge in [0.2, 0.25) is 5.89 Å². The van der Waals surface area contributed by atoms with Crippen LogP contribution in [0, 0.1) is 6.92 Å². The first kappa shape index (κ1) is 25.0. The molecule has 186 valence electrons. The number of hydrogen-bond acceptors (Lipinski definition) is 5. The Morgan fingerprint density at radius 1 is 1.03 bits per heavy atom. The van der Waals surface area contributed by atoms with Gasteiger partial charge in [0.15, 0.2) is 0 Å². The molecule has 0 unspecified atom stereocenters. The summed E-state index contributed by atoms with van der Waals surface area (Å²) in [7, 11) is 0. The van der Waals surface area contributed by atoms with Gasteiger partial charge in [0.1, 0.15) is 24.4 Å². The average molecular weight is 486 g/mol. The summed E-state index contributed by atoms with van der Waals surface area (Å²) in [5.74, 6) is 0.640. The van der Waals surface area contributed by atoms with E-state index >= 15 is 0 Å². The molecular formula is C30H31NO5. The number of aromatic nitrogens is 1. The Bertz CT molecular complexity index is 1250. The van der Waals surface area contributed by atoms with Crippen molar-refractivity contribution in [2.24, 2.45) is 0 Å². The van der Waals surface area contributed by atoms with Gasteiger partial charge >= 0.3 is 5.97 Å². The number of hydrogen-bond donors (Lipinski definition) is 1. The van der Waals surface area contributed by atoms with Gasteiger partial charge in [0.05, 0.1) is 25.1 Å². The molecule has 0 saturated carbocycles. The fraction of sp³-hybridized carbons (Fsp3) is 0.267. The second kappa shape index (κ2) is 12.1. The monoisotopic (exact) mass is 485 g/mol. The summed E-state index contributed by atoms with van der Waals surface area (Å²) in [6.45, 7) is 5.38. The van der Waals surface area contributed by atoms with Crippen molar-refractivity contribution in [1.29, 1.82) is 0 Å². The fourth-order valence-corrected chi connectivity index (χ4v) is 3.99. The third kappa shape index (κ3) is 6.54. The number of ether oxygens (including phenoxy) is 2. The molecule has 0 bridgehead atoms. The molecule has 0 fully saturated rings. The van der Waals surface area contributed by atoms with Gasteiger partial charge in [-0.1, -0.05) is 61.4 Å². The van der Waals surface area contributed by atoms with Crippen LogP contribution in [0.1, 0.15) is 54.7 Å². The second-order valence-electron chi connectivity index (χ2n) is 8.78. The van der Waals surface area contributed by atoms with Crippen LogP contribution in [0.25, 0.3) is 11.1 Å². The van der Waals surface area contributed by atoms with Crippen molar-refractivity contribution in [3.05, 3.63) is 102 Å². The van der Waals surface area contributed by atoms with Crippen LogP contribution in [0.4, 0.5) is 0 Å². The van der Waals surface area contributed by atoms with Gasteiger partial charge in [-0.25, -0.2) is 4.98 Å². The summed E-state index contributed by atoms with van der Waals surface area (Å²) in [6.07, 6.45) is 5.00. The van der Waals surface area contributed by atoms with Crippen molar-refractivity contribution < 1.29 is 23.8 Å². The number of rotatable bonds is 12. The van der Waals surface area contributed by atoms with E-state index < -0.39 is 11.9 Å². The number of benzene rings is 3. The highest BCUT2D eigenvalue weighted by atomic mass is 16.5. The first-order chi connectivity index (χ1) is 17.5. The lowest BCUT2D eigenvalue weighted by atomic mass is 9.95. The zero-order valence-corrected chi connectivity index (χ0v) is 20.6. The molecule has 4 rings (SSSR count). The first-order valence-electron chi connectivity index (χ1n) is 12.2. The molecule has 1 atom stereocenters. The van der Waals surface area contributed by atoms with E-state index in [4.69, 9.17) is 13.9 Å². The Kier molecular flexibility index (Phi) is 8.40. The maximum atomic E-state index is 11.3. The lowest BCUT2D eigenvalue weighted by Crippen LogP contribution is -2.08. The van der Waals surface area contributed by atoms with E-state index in [1.165, 1.54) is 18.0 Å². The zero-order chi connectivity index (χ0) is 25.3. The predicted molar refractivity (Wildman–Crippen MR) is 138 cm³/mol. The topological polar surface area (TPSA) is 81.8 Å². The summed E-state index contributed by atoms with van der Waals surface area (Å²) in [5.41, 5.74) is 5.25. The molecule has 0 spiro atoms. The Hall–Kier alpha value is -4.06. The molecular weight excluding hydrogens is 454 g/mol. The Morgan fingerprint density at radius 2 is 1.81 bits per heavy atom. The molecule has 6 nitrogen and oxygen atoms in total. The van der Waals surface area contributed by atoms with Gasteiger partial charge in [-0.15, -0.1) is 0 Å². The fourth-order valence-electron chi connectivity index (χ4n) is 3.99. The quantitative estimate of drug-likeness (QED) is 0.217. The molecule has 0 amide bonds. The minimum atomic E-state index is -0.910. The average Bonchev–Trinajstić information content (AvgIpc) is 3.42. The summed E-state index contributed by atoms with van der Waals surface area (Å²) >= 11 is 0. The molecule has 1 aromatic heterocycles. The molecule has 0 aliphatic heterocycles. The number of carbonyl (C=O) groups is 1. The number of aryl methyl sites for hydroxylation is 1. The largest absolute Gasteiger partial charge is 0.493 e. The van der Waals surface area contributed by atoms with Crippen molar-refractivity contribution in [3.63, 3.8) is 0 Å². The SMILES string of the molecule is CCCCOc1ccc(C)cc1-c1ccc(COc2ccc([C@@H](CC(=O)O)c3ncco3)cc2)cc1. The number of carboxylic acid groups (broad SMARTS) is 1. The molecule has 6 heteroatoms. The summed E-state index contributed by atoms with van der Waals surface area (Å²) < 4.78 is 17.4. The molecule has 0 saturated heterocycles.